The minimum atomic E-state index is -0.862. The van der Waals surface area contributed by atoms with E-state index in [0.717, 1.165) is 21.5 Å². The number of carbonyl (C=O) groups is 1. The number of nitrogens with zero attached hydrogens (tertiary/aromatic N) is 2. The lowest BCUT2D eigenvalue weighted by atomic mass is 10.1. The molecule has 130 valence electrons. The molecule has 1 atom stereocenters. The molecule has 0 radical (unpaired) electrons. The summed E-state index contributed by atoms with van der Waals surface area (Å²) in [6, 6.07) is 6.00. The smallest absolute Gasteiger partial charge is 0.314 e. The minimum absolute atomic E-state index is 0.0775. The van der Waals surface area contributed by atoms with Crippen molar-refractivity contribution in [1.82, 2.24) is 20.8 Å². The monoisotopic (exact) mass is 368 g/mol. The summed E-state index contributed by atoms with van der Waals surface area (Å²) < 4.78 is 0.936. The van der Waals surface area contributed by atoms with Gasteiger partial charge in [0, 0.05) is 18.8 Å². The largest absolute Gasteiger partial charge is 0.508 e. The van der Waals surface area contributed by atoms with Crippen LogP contribution in [0.1, 0.15) is 23.1 Å². The number of amides is 2. The number of aliphatic hydroxyl groups is 1. The average Bonchev–Trinajstić information content (AvgIpc) is 2.97. The second-order valence-electron chi connectivity index (χ2n) is 5.04. The first-order valence-electron chi connectivity index (χ1n) is 7.46. The predicted molar refractivity (Wildman–Crippen MR) is 94.5 cm³/mol. The zero-order chi connectivity index (χ0) is 17.4. The summed E-state index contributed by atoms with van der Waals surface area (Å²) in [5.41, 5.74) is 0.555. The number of carbonyl (C=O) groups excluding carboxylic acids is 1. The summed E-state index contributed by atoms with van der Waals surface area (Å²) in [6.07, 6.45) is -0.0507. The van der Waals surface area contributed by atoms with Gasteiger partial charge in [-0.2, -0.15) is 0 Å². The molecule has 9 heteroatoms. The van der Waals surface area contributed by atoms with E-state index in [4.69, 9.17) is 0 Å². The van der Waals surface area contributed by atoms with Gasteiger partial charge in [0.1, 0.15) is 10.8 Å². The van der Waals surface area contributed by atoms with Crippen molar-refractivity contribution < 1.29 is 15.0 Å². The molecule has 0 saturated carbocycles. The van der Waals surface area contributed by atoms with Gasteiger partial charge in [0.2, 0.25) is 0 Å². The number of phenolic OH excluding ortho intramolecular Hbond substituents is 1. The maximum Gasteiger partial charge on any atom is 0.314 e. The number of hydrogen-bond acceptors (Lipinski definition) is 7. The highest BCUT2D eigenvalue weighted by Gasteiger charge is 2.09. The Morgan fingerprint density at radius 3 is 2.92 bits per heavy atom. The van der Waals surface area contributed by atoms with Gasteiger partial charge in [-0.3, -0.25) is 0 Å². The Morgan fingerprint density at radius 2 is 2.21 bits per heavy atom. The first-order valence-corrected chi connectivity index (χ1v) is 9.26. The van der Waals surface area contributed by atoms with Crippen LogP contribution in [0.2, 0.25) is 0 Å². The molecule has 1 heterocycles. The highest BCUT2D eigenvalue weighted by molar-refractivity contribution is 8.01. The number of benzene rings is 1. The van der Waals surface area contributed by atoms with E-state index < -0.39 is 6.10 Å². The van der Waals surface area contributed by atoms with Gasteiger partial charge in [-0.25, -0.2) is 4.79 Å². The van der Waals surface area contributed by atoms with Crippen LogP contribution in [0.4, 0.5) is 4.79 Å². The van der Waals surface area contributed by atoms with Gasteiger partial charge in [0.25, 0.3) is 0 Å². The zero-order valence-corrected chi connectivity index (χ0v) is 14.9. The van der Waals surface area contributed by atoms with Crippen molar-refractivity contribution in [3.05, 3.63) is 34.8 Å². The van der Waals surface area contributed by atoms with E-state index in [0.29, 0.717) is 12.1 Å². The molecule has 2 amide bonds. The summed E-state index contributed by atoms with van der Waals surface area (Å²) in [7, 11) is 0. The summed E-state index contributed by atoms with van der Waals surface area (Å²) in [5, 5.41) is 33.6. The molecular weight excluding hydrogens is 348 g/mol. The summed E-state index contributed by atoms with van der Waals surface area (Å²) in [5.74, 6) is 0.931. The van der Waals surface area contributed by atoms with E-state index in [1.54, 1.807) is 35.2 Å². The fraction of sp³-hybridized carbons (Fsp3) is 0.400. The Kier molecular flexibility index (Phi) is 7.29. The zero-order valence-electron chi connectivity index (χ0n) is 13.2. The van der Waals surface area contributed by atoms with Crippen LogP contribution in [-0.2, 0) is 0 Å². The fourth-order valence-corrected chi connectivity index (χ4v) is 3.70. The van der Waals surface area contributed by atoms with Crippen molar-refractivity contribution in [3.8, 4) is 5.75 Å². The van der Waals surface area contributed by atoms with Crippen LogP contribution in [0.5, 0.6) is 5.75 Å². The van der Waals surface area contributed by atoms with Crippen LogP contribution in [0.25, 0.3) is 0 Å². The molecule has 0 aliphatic carbocycles. The van der Waals surface area contributed by atoms with Gasteiger partial charge in [0.15, 0.2) is 4.34 Å². The molecule has 0 bridgehead atoms. The third kappa shape index (κ3) is 6.34. The lowest BCUT2D eigenvalue weighted by Gasteiger charge is -2.13. The first kappa shape index (κ1) is 18.5. The molecule has 2 rings (SSSR count). The Hall–Kier alpha value is -1.84. The van der Waals surface area contributed by atoms with Crippen molar-refractivity contribution in [1.29, 1.82) is 0 Å². The molecule has 0 unspecified atom stereocenters. The summed E-state index contributed by atoms with van der Waals surface area (Å²) in [4.78, 5) is 11.7. The third-order valence-electron chi connectivity index (χ3n) is 3.05. The molecule has 0 fully saturated rings. The van der Waals surface area contributed by atoms with Crippen molar-refractivity contribution in [2.24, 2.45) is 0 Å². The van der Waals surface area contributed by atoms with E-state index in [-0.39, 0.29) is 18.3 Å². The molecule has 7 nitrogen and oxygen atoms in total. The Balaban J connectivity index is 1.58. The number of rotatable bonds is 8. The second-order valence-corrected chi connectivity index (χ2v) is 7.56. The van der Waals surface area contributed by atoms with E-state index in [1.165, 1.54) is 12.1 Å². The lowest BCUT2D eigenvalue weighted by molar-refractivity contribution is 0.173. The molecule has 0 saturated heterocycles. The molecular formula is C15H20N4O3S2. The van der Waals surface area contributed by atoms with Crippen LogP contribution in [0.15, 0.2) is 28.6 Å². The maximum absolute atomic E-state index is 11.7. The van der Waals surface area contributed by atoms with Crippen molar-refractivity contribution in [2.75, 3.05) is 18.8 Å². The second kappa shape index (κ2) is 9.45. The number of aliphatic hydroxyl groups excluding tert-OH is 1. The Bertz CT molecular complexity index is 666. The van der Waals surface area contributed by atoms with Gasteiger partial charge < -0.3 is 20.8 Å². The van der Waals surface area contributed by atoms with Crippen LogP contribution in [-0.4, -0.2) is 45.3 Å². The minimum Gasteiger partial charge on any atom is -0.508 e. The van der Waals surface area contributed by atoms with Gasteiger partial charge in [0.05, 0.1) is 6.10 Å². The van der Waals surface area contributed by atoms with E-state index >= 15 is 0 Å². The molecule has 0 aliphatic heterocycles. The fourth-order valence-electron chi connectivity index (χ4n) is 1.87. The number of aryl methyl sites for hydroxylation is 1. The molecule has 1 aromatic heterocycles. The standard InChI is InChI=1S/C15H20N4O3S2/c1-10-18-19-15(24-10)23-7-3-6-16-14(22)17-9-13(21)11-4-2-5-12(20)8-11/h2,4-5,8,13,20-21H,3,6-7,9H2,1H3,(H2,16,17,22)/t13-/m1/s1. The molecule has 0 aliphatic rings. The van der Waals surface area contributed by atoms with Gasteiger partial charge >= 0.3 is 6.03 Å². The molecule has 4 N–H and O–H groups in total. The molecule has 0 spiro atoms. The first-order chi connectivity index (χ1) is 11.5. The topological polar surface area (TPSA) is 107 Å². The number of hydrogen-bond donors (Lipinski definition) is 4. The number of urea groups is 1. The van der Waals surface area contributed by atoms with E-state index in [9.17, 15) is 15.0 Å². The highest BCUT2D eigenvalue weighted by atomic mass is 32.2. The Morgan fingerprint density at radius 1 is 1.38 bits per heavy atom. The van der Waals surface area contributed by atoms with Crippen molar-refractivity contribution in [3.63, 3.8) is 0 Å². The van der Waals surface area contributed by atoms with Crippen molar-refractivity contribution >= 4 is 29.1 Å². The normalized spacial score (nSPS) is 11.9. The van der Waals surface area contributed by atoms with Crippen LogP contribution in [0, 0.1) is 6.92 Å². The predicted octanol–water partition coefficient (Wildman–Crippen LogP) is 2.07. The van der Waals surface area contributed by atoms with Gasteiger partial charge in [-0.15, -0.1) is 10.2 Å². The summed E-state index contributed by atoms with van der Waals surface area (Å²) in [6.45, 7) is 2.53. The lowest BCUT2D eigenvalue weighted by Crippen LogP contribution is -2.38. The van der Waals surface area contributed by atoms with E-state index in [1.807, 2.05) is 6.92 Å². The highest BCUT2D eigenvalue weighted by Crippen LogP contribution is 2.22. The van der Waals surface area contributed by atoms with Gasteiger partial charge in [-0.05, 0) is 31.0 Å². The Labute approximate surface area is 148 Å². The molecule has 2 aromatic rings. The van der Waals surface area contributed by atoms with Crippen LogP contribution >= 0.6 is 23.1 Å². The maximum atomic E-state index is 11.7. The third-order valence-corrected chi connectivity index (χ3v) is 5.11. The van der Waals surface area contributed by atoms with Crippen LogP contribution in [0.3, 0.4) is 0 Å². The molecule has 1 aromatic carbocycles. The number of nitrogens with one attached hydrogen (secondary N) is 2. The number of aromatic hydroxyl groups is 1. The van der Waals surface area contributed by atoms with Crippen LogP contribution < -0.4 is 10.6 Å². The number of phenols is 1. The average molecular weight is 368 g/mol. The van der Waals surface area contributed by atoms with Crippen molar-refractivity contribution in [2.45, 2.75) is 23.8 Å². The van der Waals surface area contributed by atoms with E-state index in [2.05, 4.69) is 20.8 Å². The summed E-state index contributed by atoms with van der Waals surface area (Å²) >= 11 is 3.18. The number of aromatic nitrogens is 2. The van der Waals surface area contributed by atoms with Gasteiger partial charge in [-0.1, -0.05) is 35.2 Å². The molecule has 24 heavy (non-hydrogen) atoms. The quantitative estimate of drug-likeness (QED) is 0.420. The number of thioether (sulfide) groups is 1. The SMILES string of the molecule is Cc1nnc(SCCCNC(=O)NC[C@@H](O)c2cccc(O)c2)s1.